The lowest BCUT2D eigenvalue weighted by Gasteiger charge is -2.36. The third-order valence-corrected chi connectivity index (χ3v) is 5.40. The lowest BCUT2D eigenvalue weighted by Crippen LogP contribution is -2.51. The van der Waals surface area contributed by atoms with E-state index in [2.05, 4.69) is 18.7 Å². The highest BCUT2D eigenvalue weighted by Crippen LogP contribution is 2.30. The van der Waals surface area contributed by atoms with Gasteiger partial charge in [0.2, 0.25) is 5.91 Å². The maximum absolute atomic E-state index is 12.6. The van der Waals surface area contributed by atoms with E-state index in [9.17, 15) is 4.79 Å². The van der Waals surface area contributed by atoms with Crippen molar-refractivity contribution in [2.75, 3.05) is 32.7 Å². The molecule has 0 aliphatic carbocycles. The second kappa shape index (κ2) is 8.23. The SMILES string of the molecule is CC(C)CN1CCN(C(=O)C(C)Sc2ccccc2Cl)CC1. The summed E-state index contributed by atoms with van der Waals surface area (Å²) in [6, 6.07) is 7.70. The molecule has 1 aromatic carbocycles. The Morgan fingerprint density at radius 3 is 2.41 bits per heavy atom. The first-order chi connectivity index (χ1) is 10.5. The monoisotopic (exact) mass is 340 g/mol. The normalized spacial score (nSPS) is 17.8. The molecule has 1 amide bonds. The molecule has 0 radical (unpaired) electrons. The number of thioether (sulfide) groups is 1. The molecule has 0 spiro atoms. The molecule has 22 heavy (non-hydrogen) atoms. The molecule has 1 saturated heterocycles. The summed E-state index contributed by atoms with van der Waals surface area (Å²) in [7, 11) is 0. The molecule has 1 fully saturated rings. The fourth-order valence-corrected chi connectivity index (χ4v) is 3.94. The topological polar surface area (TPSA) is 23.6 Å². The molecule has 1 heterocycles. The summed E-state index contributed by atoms with van der Waals surface area (Å²) in [4.78, 5) is 18.0. The Hall–Kier alpha value is -0.710. The summed E-state index contributed by atoms with van der Waals surface area (Å²) < 4.78 is 0. The van der Waals surface area contributed by atoms with E-state index in [0.717, 1.165) is 37.6 Å². The van der Waals surface area contributed by atoms with Gasteiger partial charge in [-0.3, -0.25) is 9.69 Å². The summed E-state index contributed by atoms with van der Waals surface area (Å²) in [6.45, 7) is 11.2. The maximum atomic E-state index is 12.6. The van der Waals surface area contributed by atoms with Gasteiger partial charge in [0.1, 0.15) is 0 Å². The van der Waals surface area contributed by atoms with Crippen molar-refractivity contribution in [2.24, 2.45) is 5.92 Å². The molecule has 0 N–H and O–H groups in total. The Labute approximate surface area is 143 Å². The van der Waals surface area contributed by atoms with Gasteiger partial charge in [0.15, 0.2) is 0 Å². The van der Waals surface area contributed by atoms with E-state index in [1.54, 1.807) is 11.8 Å². The van der Waals surface area contributed by atoms with Crippen LogP contribution >= 0.6 is 23.4 Å². The molecule has 0 saturated carbocycles. The first kappa shape index (κ1) is 17.6. The van der Waals surface area contributed by atoms with E-state index < -0.39 is 0 Å². The molecule has 3 nitrogen and oxygen atoms in total. The number of carbonyl (C=O) groups excluding carboxylic acids is 1. The number of halogens is 1. The number of hydrogen-bond acceptors (Lipinski definition) is 3. The maximum Gasteiger partial charge on any atom is 0.235 e. The van der Waals surface area contributed by atoms with Crippen molar-refractivity contribution >= 4 is 29.3 Å². The standard InChI is InChI=1S/C17H25ClN2OS/c1-13(2)12-19-8-10-20(11-9-19)17(21)14(3)22-16-7-5-4-6-15(16)18/h4-7,13-14H,8-12H2,1-3H3. The van der Waals surface area contributed by atoms with Crippen LogP contribution < -0.4 is 0 Å². The van der Waals surface area contributed by atoms with Crippen molar-refractivity contribution in [3.63, 3.8) is 0 Å². The molecular weight excluding hydrogens is 316 g/mol. The fraction of sp³-hybridized carbons (Fsp3) is 0.588. The Morgan fingerprint density at radius 1 is 1.18 bits per heavy atom. The molecule has 1 aliphatic rings. The molecule has 1 aromatic rings. The molecular formula is C17H25ClN2OS. The second-order valence-corrected chi connectivity index (χ2v) is 8.00. The minimum atomic E-state index is -0.100. The highest BCUT2D eigenvalue weighted by atomic mass is 35.5. The Morgan fingerprint density at radius 2 is 1.82 bits per heavy atom. The average molecular weight is 341 g/mol. The molecule has 1 unspecified atom stereocenters. The van der Waals surface area contributed by atoms with Gasteiger partial charge in [-0.05, 0) is 25.0 Å². The summed E-state index contributed by atoms with van der Waals surface area (Å²) in [5.41, 5.74) is 0. The largest absolute Gasteiger partial charge is 0.339 e. The lowest BCUT2D eigenvalue weighted by atomic mass is 10.2. The minimum Gasteiger partial charge on any atom is -0.339 e. The molecule has 2 rings (SSSR count). The first-order valence-electron chi connectivity index (χ1n) is 7.89. The van der Waals surface area contributed by atoms with Gasteiger partial charge in [-0.15, -0.1) is 11.8 Å². The fourth-order valence-electron chi connectivity index (χ4n) is 2.71. The molecule has 1 atom stereocenters. The summed E-state index contributed by atoms with van der Waals surface area (Å²) in [5.74, 6) is 0.895. The minimum absolute atomic E-state index is 0.100. The van der Waals surface area contributed by atoms with Crippen LogP contribution in [0, 0.1) is 5.92 Å². The van der Waals surface area contributed by atoms with Gasteiger partial charge in [-0.2, -0.15) is 0 Å². The predicted molar refractivity (Wildman–Crippen MR) is 94.6 cm³/mol. The third kappa shape index (κ3) is 4.90. The molecule has 122 valence electrons. The first-order valence-corrected chi connectivity index (χ1v) is 9.15. The number of amides is 1. The van der Waals surface area contributed by atoms with Crippen molar-refractivity contribution < 1.29 is 4.79 Å². The van der Waals surface area contributed by atoms with E-state index >= 15 is 0 Å². The van der Waals surface area contributed by atoms with Crippen molar-refractivity contribution in [1.29, 1.82) is 0 Å². The zero-order valence-corrected chi connectivity index (χ0v) is 15.2. The van der Waals surface area contributed by atoms with Crippen LogP contribution in [-0.2, 0) is 4.79 Å². The number of carbonyl (C=O) groups is 1. The van der Waals surface area contributed by atoms with Gasteiger partial charge >= 0.3 is 0 Å². The van der Waals surface area contributed by atoms with E-state index in [1.165, 1.54) is 0 Å². The zero-order valence-electron chi connectivity index (χ0n) is 13.6. The van der Waals surface area contributed by atoms with E-state index in [-0.39, 0.29) is 11.2 Å². The average Bonchev–Trinajstić information content (AvgIpc) is 2.49. The smallest absolute Gasteiger partial charge is 0.235 e. The van der Waals surface area contributed by atoms with Gasteiger partial charge in [-0.1, -0.05) is 37.6 Å². The van der Waals surface area contributed by atoms with Gasteiger partial charge in [0.25, 0.3) is 0 Å². The number of benzene rings is 1. The van der Waals surface area contributed by atoms with Crippen LogP contribution in [-0.4, -0.2) is 53.7 Å². The van der Waals surface area contributed by atoms with Crippen molar-refractivity contribution in [1.82, 2.24) is 9.80 Å². The highest BCUT2D eigenvalue weighted by Gasteiger charge is 2.25. The van der Waals surface area contributed by atoms with Crippen LogP contribution in [0.5, 0.6) is 0 Å². The van der Waals surface area contributed by atoms with Crippen LogP contribution in [0.3, 0.4) is 0 Å². The lowest BCUT2D eigenvalue weighted by molar-refractivity contribution is -0.132. The molecule has 0 aromatic heterocycles. The van der Waals surface area contributed by atoms with Crippen molar-refractivity contribution in [2.45, 2.75) is 30.9 Å². The number of rotatable bonds is 5. The van der Waals surface area contributed by atoms with Crippen molar-refractivity contribution in [3.05, 3.63) is 29.3 Å². The van der Waals surface area contributed by atoms with Crippen LogP contribution in [0.15, 0.2) is 29.2 Å². The van der Waals surface area contributed by atoms with Gasteiger partial charge in [0, 0.05) is 37.6 Å². The zero-order chi connectivity index (χ0) is 16.1. The summed E-state index contributed by atoms with van der Waals surface area (Å²) in [6.07, 6.45) is 0. The van der Waals surface area contributed by atoms with Crippen LogP contribution in [0.25, 0.3) is 0 Å². The van der Waals surface area contributed by atoms with Crippen LogP contribution in [0.2, 0.25) is 5.02 Å². The molecule has 0 bridgehead atoms. The van der Waals surface area contributed by atoms with E-state index in [4.69, 9.17) is 11.6 Å². The Balaban J connectivity index is 1.86. The van der Waals surface area contributed by atoms with Gasteiger partial charge in [0.05, 0.1) is 10.3 Å². The second-order valence-electron chi connectivity index (χ2n) is 6.21. The Bertz CT molecular complexity index is 501. The molecule has 5 heteroatoms. The third-order valence-electron chi connectivity index (χ3n) is 3.80. The van der Waals surface area contributed by atoms with E-state index in [0.29, 0.717) is 10.9 Å². The van der Waals surface area contributed by atoms with Gasteiger partial charge < -0.3 is 4.90 Å². The number of piperazine rings is 1. The van der Waals surface area contributed by atoms with Crippen LogP contribution in [0.1, 0.15) is 20.8 Å². The number of nitrogens with zero attached hydrogens (tertiary/aromatic N) is 2. The van der Waals surface area contributed by atoms with Crippen molar-refractivity contribution in [3.8, 4) is 0 Å². The number of hydrogen-bond donors (Lipinski definition) is 0. The summed E-state index contributed by atoms with van der Waals surface area (Å²) >= 11 is 7.72. The van der Waals surface area contributed by atoms with Gasteiger partial charge in [-0.25, -0.2) is 0 Å². The molecule has 1 aliphatic heterocycles. The quantitative estimate of drug-likeness (QED) is 0.765. The Kier molecular flexibility index (Phi) is 6.60. The van der Waals surface area contributed by atoms with Crippen LogP contribution in [0.4, 0.5) is 0 Å². The summed E-state index contributed by atoms with van der Waals surface area (Å²) in [5, 5.41) is 0.616. The predicted octanol–water partition coefficient (Wildman–Crippen LogP) is 3.62. The van der Waals surface area contributed by atoms with E-state index in [1.807, 2.05) is 36.1 Å². The highest BCUT2D eigenvalue weighted by molar-refractivity contribution is 8.00.